The van der Waals surface area contributed by atoms with E-state index in [9.17, 15) is 0 Å². The van der Waals surface area contributed by atoms with Gasteiger partial charge < -0.3 is 5.32 Å². The van der Waals surface area contributed by atoms with Crippen LogP contribution in [0.3, 0.4) is 0 Å². The van der Waals surface area contributed by atoms with Crippen molar-refractivity contribution >= 4 is 5.82 Å². The zero-order valence-electron chi connectivity index (χ0n) is 12.6. The highest BCUT2D eigenvalue weighted by Crippen LogP contribution is 2.27. The van der Waals surface area contributed by atoms with Gasteiger partial charge in [-0.25, -0.2) is 9.97 Å². The predicted molar refractivity (Wildman–Crippen MR) is 86.3 cm³/mol. The average molecular weight is 291 g/mol. The third-order valence-electron chi connectivity index (χ3n) is 3.42. The zero-order chi connectivity index (χ0) is 15.4. The maximum Gasteiger partial charge on any atom is 0.137 e. The quantitative estimate of drug-likeness (QED) is 0.800. The minimum atomic E-state index is 0.573. The molecule has 0 saturated heterocycles. The molecule has 22 heavy (non-hydrogen) atoms. The van der Waals surface area contributed by atoms with Crippen molar-refractivity contribution in [2.75, 3.05) is 5.32 Å². The van der Waals surface area contributed by atoms with E-state index < -0.39 is 0 Å². The Hall–Kier alpha value is -2.82. The van der Waals surface area contributed by atoms with E-state index in [-0.39, 0.29) is 0 Å². The van der Waals surface area contributed by atoms with E-state index in [2.05, 4.69) is 44.3 Å². The summed E-state index contributed by atoms with van der Waals surface area (Å²) in [5, 5.41) is 3.32. The number of aromatic nitrogens is 4. The number of hydrogen-bond donors (Lipinski definition) is 1. The molecule has 5 nitrogen and oxygen atoms in total. The zero-order valence-corrected chi connectivity index (χ0v) is 12.6. The van der Waals surface area contributed by atoms with Crippen molar-refractivity contribution in [3.63, 3.8) is 0 Å². The van der Waals surface area contributed by atoms with Crippen LogP contribution in [0, 0.1) is 13.8 Å². The molecule has 0 spiro atoms. The number of anilines is 1. The summed E-state index contributed by atoms with van der Waals surface area (Å²) in [6.45, 7) is 4.58. The normalized spacial score (nSPS) is 10.5. The van der Waals surface area contributed by atoms with Crippen LogP contribution in [0.4, 0.5) is 5.82 Å². The molecule has 3 rings (SSSR count). The number of hydrogen-bond acceptors (Lipinski definition) is 5. The van der Waals surface area contributed by atoms with E-state index in [0.717, 1.165) is 28.3 Å². The van der Waals surface area contributed by atoms with E-state index in [1.165, 1.54) is 5.56 Å². The lowest BCUT2D eigenvalue weighted by molar-refractivity contribution is 0.973. The van der Waals surface area contributed by atoms with Gasteiger partial charge in [0, 0.05) is 18.0 Å². The molecule has 0 unspecified atom stereocenters. The van der Waals surface area contributed by atoms with E-state index in [0.29, 0.717) is 6.54 Å². The Morgan fingerprint density at radius 3 is 2.55 bits per heavy atom. The summed E-state index contributed by atoms with van der Waals surface area (Å²) in [6, 6.07) is 8.20. The van der Waals surface area contributed by atoms with Gasteiger partial charge in [0.05, 0.1) is 24.1 Å². The first kappa shape index (κ1) is 14.1. The van der Waals surface area contributed by atoms with Gasteiger partial charge in [-0.15, -0.1) is 0 Å². The van der Waals surface area contributed by atoms with E-state index in [1.54, 1.807) is 18.7 Å². The lowest BCUT2D eigenvalue weighted by atomic mass is 10.0. The van der Waals surface area contributed by atoms with Gasteiger partial charge >= 0.3 is 0 Å². The molecule has 0 radical (unpaired) electrons. The molecule has 0 amide bonds. The molecular weight excluding hydrogens is 274 g/mol. The molecule has 1 aromatic carbocycles. The maximum absolute atomic E-state index is 4.36. The van der Waals surface area contributed by atoms with Crippen LogP contribution in [0.2, 0.25) is 0 Å². The molecule has 2 aromatic heterocycles. The van der Waals surface area contributed by atoms with Crippen molar-refractivity contribution in [1.82, 2.24) is 19.9 Å². The Morgan fingerprint density at radius 2 is 1.77 bits per heavy atom. The van der Waals surface area contributed by atoms with Crippen LogP contribution in [0.15, 0.2) is 49.2 Å². The van der Waals surface area contributed by atoms with Crippen molar-refractivity contribution in [2.24, 2.45) is 0 Å². The minimum Gasteiger partial charge on any atom is -0.364 e. The second-order valence-electron chi connectivity index (χ2n) is 5.10. The Balaban J connectivity index is 1.86. The smallest absolute Gasteiger partial charge is 0.137 e. The molecule has 0 atom stereocenters. The van der Waals surface area contributed by atoms with Crippen LogP contribution in [0.5, 0.6) is 0 Å². The van der Waals surface area contributed by atoms with Gasteiger partial charge in [0.15, 0.2) is 0 Å². The lowest BCUT2D eigenvalue weighted by Crippen LogP contribution is -2.06. The van der Waals surface area contributed by atoms with E-state index in [1.807, 2.05) is 25.3 Å². The van der Waals surface area contributed by atoms with Crippen molar-refractivity contribution in [3.05, 3.63) is 66.1 Å². The molecule has 110 valence electrons. The summed E-state index contributed by atoms with van der Waals surface area (Å²) < 4.78 is 0. The highest BCUT2D eigenvalue weighted by Gasteiger charge is 2.09. The molecule has 5 heteroatoms. The van der Waals surface area contributed by atoms with Crippen molar-refractivity contribution in [2.45, 2.75) is 20.4 Å². The van der Waals surface area contributed by atoms with Gasteiger partial charge in [0.2, 0.25) is 0 Å². The second kappa shape index (κ2) is 6.30. The Morgan fingerprint density at radius 1 is 0.909 bits per heavy atom. The monoisotopic (exact) mass is 291 g/mol. The number of rotatable bonds is 4. The number of aryl methyl sites for hydroxylation is 2. The van der Waals surface area contributed by atoms with Crippen molar-refractivity contribution in [1.29, 1.82) is 0 Å². The largest absolute Gasteiger partial charge is 0.364 e. The fourth-order valence-corrected chi connectivity index (χ4v) is 2.23. The molecule has 3 aromatic rings. The van der Waals surface area contributed by atoms with E-state index >= 15 is 0 Å². The third-order valence-corrected chi connectivity index (χ3v) is 3.42. The number of nitrogens with zero attached hydrogens (tertiary/aromatic N) is 4. The van der Waals surface area contributed by atoms with Gasteiger partial charge in [0.1, 0.15) is 12.1 Å². The second-order valence-corrected chi connectivity index (χ2v) is 5.10. The van der Waals surface area contributed by atoms with Crippen LogP contribution in [0.25, 0.3) is 11.1 Å². The first-order chi connectivity index (χ1) is 10.7. The summed E-state index contributed by atoms with van der Waals surface area (Å²) in [4.78, 5) is 17.1. The number of nitrogens with one attached hydrogen (secondary N) is 1. The average Bonchev–Trinajstić information content (AvgIpc) is 2.55. The Bertz CT molecular complexity index is 768. The summed E-state index contributed by atoms with van der Waals surface area (Å²) in [5.74, 6) is 0.798. The van der Waals surface area contributed by atoms with Crippen LogP contribution in [0.1, 0.15) is 17.0 Å². The summed E-state index contributed by atoms with van der Waals surface area (Å²) in [5.41, 5.74) is 5.09. The summed E-state index contributed by atoms with van der Waals surface area (Å²) in [6.07, 6.45) is 6.92. The van der Waals surface area contributed by atoms with Gasteiger partial charge in [0.25, 0.3) is 0 Å². The lowest BCUT2D eigenvalue weighted by Gasteiger charge is -2.12. The highest BCUT2D eigenvalue weighted by atomic mass is 15.0. The van der Waals surface area contributed by atoms with Crippen molar-refractivity contribution < 1.29 is 0 Å². The topological polar surface area (TPSA) is 63.6 Å². The maximum atomic E-state index is 4.36. The van der Waals surface area contributed by atoms with E-state index in [4.69, 9.17) is 0 Å². The predicted octanol–water partition coefficient (Wildman–Crippen LogP) is 3.16. The first-order valence-electron chi connectivity index (χ1n) is 7.11. The molecule has 0 aliphatic carbocycles. The molecule has 0 aliphatic heterocycles. The molecule has 0 fully saturated rings. The Kier molecular flexibility index (Phi) is 4.05. The Labute approximate surface area is 129 Å². The summed E-state index contributed by atoms with van der Waals surface area (Å²) in [7, 11) is 0. The highest BCUT2D eigenvalue weighted by molar-refractivity contribution is 5.76. The van der Waals surface area contributed by atoms with Crippen LogP contribution >= 0.6 is 0 Å². The summed E-state index contributed by atoms with van der Waals surface area (Å²) >= 11 is 0. The molecule has 0 saturated carbocycles. The van der Waals surface area contributed by atoms with Gasteiger partial charge in [-0.05, 0) is 25.0 Å². The molecule has 1 N–H and O–H groups in total. The first-order valence-corrected chi connectivity index (χ1v) is 7.11. The molecule has 0 bridgehead atoms. The third kappa shape index (κ3) is 3.09. The van der Waals surface area contributed by atoms with Gasteiger partial charge in [-0.1, -0.05) is 24.3 Å². The van der Waals surface area contributed by atoms with Gasteiger partial charge in [-0.2, -0.15) is 0 Å². The molecule has 0 aliphatic rings. The van der Waals surface area contributed by atoms with Crippen molar-refractivity contribution in [3.8, 4) is 11.1 Å². The minimum absolute atomic E-state index is 0.573. The van der Waals surface area contributed by atoms with Crippen LogP contribution in [-0.4, -0.2) is 19.9 Å². The van der Waals surface area contributed by atoms with Crippen LogP contribution in [-0.2, 0) is 6.54 Å². The SMILES string of the molecule is Cc1cnc(CNc2ncncc2-c2ccccc2C)cn1. The van der Waals surface area contributed by atoms with Crippen LogP contribution < -0.4 is 5.32 Å². The fourth-order valence-electron chi connectivity index (χ4n) is 2.23. The fraction of sp³-hybridized carbons (Fsp3) is 0.176. The molecular formula is C17H17N5. The molecule has 2 heterocycles. The van der Waals surface area contributed by atoms with Gasteiger partial charge in [-0.3, -0.25) is 9.97 Å². The number of benzene rings is 1. The standard InChI is InChI=1S/C17H17N5/c1-12-5-3-4-6-15(12)16-10-18-11-22-17(16)21-9-14-8-19-13(2)7-20-14/h3-8,10-11H,9H2,1-2H3,(H,18,21,22).